The minimum absolute atomic E-state index is 0.0422. The highest BCUT2D eigenvalue weighted by atomic mass is 31.2. The van der Waals surface area contributed by atoms with Crippen LogP contribution in [0.15, 0.2) is 60.8 Å². The molecule has 46 heavy (non-hydrogen) atoms. The Labute approximate surface area is 279 Å². The van der Waals surface area contributed by atoms with Gasteiger partial charge in [0.15, 0.2) is 6.10 Å². The van der Waals surface area contributed by atoms with Crippen LogP contribution in [0.3, 0.4) is 0 Å². The summed E-state index contributed by atoms with van der Waals surface area (Å²) in [5, 5.41) is 0. The molecule has 0 rings (SSSR count). The molecule has 3 N–H and O–H groups in total. The van der Waals surface area contributed by atoms with E-state index in [0.29, 0.717) is 12.8 Å². The highest BCUT2D eigenvalue weighted by Crippen LogP contribution is 2.43. The molecular formula is C36H62NO8P. The fourth-order valence-corrected chi connectivity index (χ4v) is 4.90. The van der Waals surface area contributed by atoms with Crippen LogP contribution in [-0.4, -0.2) is 49.3 Å². The molecule has 0 spiro atoms. The van der Waals surface area contributed by atoms with Crippen molar-refractivity contribution in [1.82, 2.24) is 0 Å². The topological polar surface area (TPSA) is 134 Å². The minimum Gasteiger partial charge on any atom is -0.462 e. The number of unbranched alkanes of at least 4 members (excludes halogenated alkanes) is 8. The first-order valence-corrected chi connectivity index (χ1v) is 18.8. The van der Waals surface area contributed by atoms with Crippen molar-refractivity contribution < 1.29 is 37.6 Å². The molecule has 9 nitrogen and oxygen atoms in total. The number of hydrogen-bond acceptors (Lipinski definition) is 8. The molecule has 264 valence electrons. The maximum Gasteiger partial charge on any atom is 0.472 e. The number of allylic oxidation sites excluding steroid dienone is 10. The monoisotopic (exact) mass is 667 g/mol. The van der Waals surface area contributed by atoms with E-state index in [1.807, 2.05) is 6.08 Å². The molecule has 0 aromatic carbocycles. The van der Waals surface area contributed by atoms with Crippen LogP contribution < -0.4 is 5.73 Å². The van der Waals surface area contributed by atoms with Crippen LogP contribution in [0.4, 0.5) is 0 Å². The SMILES string of the molecule is CC/C=C\C/C=C\C/C=C\C/C=C\C/C=C\CCCC(=O)OC(COC(=O)CCCCCCCCCC)COP(=O)(O)OCCN. The molecule has 0 aliphatic rings. The third-order valence-corrected chi connectivity index (χ3v) is 7.65. The first-order chi connectivity index (χ1) is 22.3. The summed E-state index contributed by atoms with van der Waals surface area (Å²) in [6.07, 6.45) is 35.6. The quantitative estimate of drug-likeness (QED) is 0.0321. The van der Waals surface area contributed by atoms with Crippen LogP contribution >= 0.6 is 7.82 Å². The molecule has 0 saturated heterocycles. The van der Waals surface area contributed by atoms with Crippen LogP contribution in [0, 0.1) is 0 Å². The minimum atomic E-state index is -4.38. The lowest BCUT2D eigenvalue weighted by molar-refractivity contribution is -0.161. The molecule has 10 heteroatoms. The average Bonchev–Trinajstić information content (AvgIpc) is 3.04. The Morgan fingerprint density at radius 2 is 1.20 bits per heavy atom. The molecule has 0 aromatic rings. The summed E-state index contributed by atoms with van der Waals surface area (Å²) in [7, 11) is -4.38. The van der Waals surface area contributed by atoms with Gasteiger partial charge in [-0.2, -0.15) is 0 Å². The van der Waals surface area contributed by atoms with E-state index in [1.54, 1.807) is 0 Å². The van der Waals surface area contributed by atoms with E-state index in [0.717, 1.165) is 51.4 Å². The number of carbonyl (C=O) groups excluding carboxylic acids is 2. The third kappa shape index (κ3) is 31.7. The van der Waals surface area contributed by atoms with E-state index >= 15 is 0 Å². The van der Waals surface area contributed by atoms with Crippen LogP contribution in [0.5, 0.6) is 0 Å². The zero-order chi connectivity index (χ0) is 34.0. The van der Waals surface area contributed by atoms with E-state index in [1.165, 1.54) is 32.1 Å². The second kappa shape index (κ2) is 32.6. The van der Waals surface area contributed by atoms with Crippen LogP contribution in [0.2, 0.25) is 0 Å². The fraction of sp³-hybridized carbons (Fsp3) is 0.667. The lowest BCUT2D eigenvalue weighted by atomic mass is 10.1. The van der Waals surface area contributed by atoms with Gasteiger partial charge in [0.1, 0.15) is 6.61 Å². The first-order valence-electron chi connectivity index (χ1n) is 17.3. The number of hydrogen-bond donors (Lipinski definition) is 2. The highest BCUT2D eigenvalue weighted by molar-refractivity contribution is 7.47. The van der Waals surface area contributed by atoms with Crippen LogP contribution in [-0.2, 0) is 32.7 Å². The first kappa shape index (κ1) is 43.7. The molecule has 0 fully saturated rings. The van der Waals surface area contributed by atoms with Crippen molar-refractivity contribution in [3.8, 4) is 0 Å². The van der Waals surface area contributed by atoms with Crippen molar-refractivity contribution in [2.75, 3.05) is 26.4 Å². The van der Waals surface area contributed by atoms with Gasteiger partial charge in [-0.25, -0.2) is 4.57 Å². The molecule has 2 atom stereocenters. The van der Waals surface area contributed by atoms with E-state index in [2.05, 4.69) is 68.5 Å². The maximum atomic E-state index is 12.4. The zero-order valence-electron chi connectivity index (χ0n) is 28.5. The zero-order valence-corrected chi connectivity index (χ0v) is 29.4. The Bertz CT molecular complexity index is 944. The van der Waals surface area contributed by atoms with Gasteiger partial charge in [-0.1, -0.05) is 120 Å². The Hall–Kier alpha value is -2.29. The van der Waals surface area contributed by atoms with Crippen molar-refractivity contribution in [2.24, 2.45) is 5.73 Å². The lowest BCUT2D eigenvalue weighted by Crippen LogP contribution is -2.29. The van der Waals surface area contributed by atoms with Crippen molar-refractivity contribution in [3.05, 3.63) is 60.8 Å². The number of esters is 2. The number of phosphoric acid groups is 1. The number of phosphoric ester groups is 1. The van der Waals surface area contributed by atoms with Crippen LogP contribution in [0.25, 0.3) is 0 Å². The molecule has 0 aliphatic carbocycles. The Kier molecular flexibility index (Phi) is 31.0. The standard InChI is InChI=1S/C36H62NO8P/c1-3-5-7-9-11-13-14-15-16-17-18-19-20-21-23-25-27-29-36(39)45-34(33-44-46(40,41)43-31-30-37)32-42-35(38)28-26-24-22-12-10-8-6-4-2/h5,7,11,13,15-16,18-19,21,23,34H,3-4,6,8-10,12,14,17,20,22,24-33,37H2,1-2H3,(H,40,41)/b7-5-,13-11-,16-15-,19-18-,23-21-. The predicted octanol–water partition coefficient (Wildman–Crippen LogP) is 8.99. The number of rotatable bonds is 31. The summed E-state index contributed by atoms with van der Waals surface area (Å²) < 4.78 is 32.4. The summed E-state index contributed by atoms with van der Waals surface area (Å²) in [5.41, 5.74) is 5.31. The molecule has 2 unspecified atom stereocenters. The van der Waals surface area contributed by atoms with Crippen molar-refractivity contribution in [1.29, 1.82) is 0 Å². The van der Waals surface area contributed by atoms with Gasteiger partial charge >= 0.3 is 19.8 Å². The molecule has 0 aromatic heterocycles. The maximum absolute atomic E-state index is 12.4. The second-order valence-corrected chi connectivity index (χ2v) is 12.5. The highest BCUT2D eigenvalue weighted by Gasteiger charge is 2.25. The molecule has 0 saturated carbocycles. The third-order valence-electron chi connectivity index (χ3n) is 6.67. The molecule has 0 aliphatic heterocycles. The summed E-state index contributed by atoms with van der Waals surface area (Å²) in [6, 6.07) is 0. The molecule has 0 amide bonds. The van der Waals surface area contributed by atoms with Gasteiger partial charge < -0.3 is 20.1 Å². The summed E-state index contributed by atoms with van der Waals surface area (Å²) in [5.74, 6) is -0.910. The molecule has 0 heterocycles. The largest absolute Gasteiger partial charge is 0.472 e. The number of ether oxygens (including phenoxy) is 2. The van der Waals surface area contributed by atoms with Crippen LogP contribution in [0.1, 0.15) is 123 Å². The van der Waals surface area contributed by atoms with Crippen molar-refractivity contribution in [3.63, 3.8) is 0 Å². The van der Waals surface area contributed by atoms with Gasteiger partial charge in [-0.05, 0) is 51.4 Å². The van der Waals surface area contributed by atoms with Gasteiger partial charge in [0.2, 0.25) is 0 Å². The van der Waals surface area contributed by atoms with Gasteiger partial charge in [-0.15, -0.1) is 0 Å². The smallest absolute Gasteiger partial charge is 0.462 e. The summed E-state index contributed by atoms with van der Waals surface area (Å²) in [6.45, 7) is 3.47. The Morgan fingerprint density at radius 1 is 0.674 bits per heavy atom. The predicted molar refractivity (Wildman–Crippen MR) is 187 cm³/mol. The van der Waals surface area contributed by atoms with E-state index in [9.17, 15) is 19.0 Å². The molecule has 0 radical (unpaired) electrons. The van der Waals surface area contributed by atoms with Crippen molar-refractivity contribution >= 4 is 19.8 Å². The fourth-order valence-electron chi connectivity index (χ4n) is 4.14. The van der Waals surface area contributed by atoms with Gasteiger partial charge in [0, 0.05) is 19.4 Å². The summed E-state index contributed by atoms with van der Waals surface area (Å²) in [4.78, 5) is 34.5. The van der Waals surface area contributed by atoms with E-state index in [-0.39, 0.29) is 32.6 Å². The number of carbonyl (C=O) groups is 2. The summed E-state index contributed by atoms with van der Waals surface area (Å²) >= 11 is 0. The van der Waals surface area contributed by atoms with E-state index < -0.39 is 32.5 Å². The average molecular weight is 668 g/mol. The van der Waals surface area contributed by atoms with E-state index in [4.69, 9.17) is 24.3 Å². The second-order valence-electron chi connectivity index (χ2n) is 11.0. The van der Waals surface area contributed by atoms with Gasteiger partial charge in [-0.3, -0.25) is 18.6 Å². The number of nitrogens with two attached hydrogens (primary N) is 1. The van der Waals surface area contributed by atoms with Crippen molar-refractivity contribution in [2.45, 2.75) is 129 Å². The molecule has 0 bridgehead atoms. The lowest BCUT2D eigenvalue weighted by Gasteiger charge is -2.19. The van der Waals surface area contributed by atoms with Gasteiger partial charge in [0.05, 0.1) is 13.2 Å². The Morgan fingerprint density at radius 3 is 1.76 bits per heavy atom. The molecular weight excluding hydrogens is 605 g/mol. The Balaban J connectivity index is 4.38. The van der Waals surface area contributed by atoms with Gasteiger partial charge in [0.25, 0.3) is 0 Å². The normalized spacial score (nSPS) is 14.3.